The van der Waals surface area contributed by atoms with Crippen LogP contribution in [0.1, 0.15) is 45.4 Å². The molecule has 2 rings (SSSR count). The fourth-order valence-electron chi connectivity index (χ4n) is 2.91. The summed E-state index contributed by atoms with van der Waals surface area (Å²) in [6.07, 6.45) is 1.13. The van der Waals surface area contributed by atoms with Gasteiger partial charge in [0, 0.05) is 24.3 Å². The average molecular weight is 318 g/mol. The highest BCUT2D eigenvalue weighted by Gasteiger charge is 2.17. The lowest BCUT2D eigenvalue weighted by atomic mass is 10.2. The Morgan fingerprint density at radius 3 is 2.57 bits per heavy atom. The predicted octanol–water partition coefficient (Wildman–Crippen LogP) is 3.42. The largest absolute Gasteiger partial charge is 0.474 e. The number of aromatic nitrogens is 2. The van der Waals surface area contributed by atoms with Crippen LogP contribution in [0.15, 0.2) is 12.1 Å². The highest BCUT2D eigenvalue weighted by atomic mass is 16.5. The standard InChI is InChI=1S/C18H30N4O/c1-7-14(5)21(12(2)3)10-11-23-18-17(19)16-9-8-13(4)15(6)22(16)20-18/h8-9,12,14H,7,10-11,19H2,1-6H3. The van der Waals surface area contributed by atoms with Crippen LogP contribution in [0.2, 0.25) is 0 Å². The van der Waals surface area contributed by atoms with Crippen LogP contribution in [0.3, 0.4) is 0 Å². The van der Waals surface area contributed by atoms with Crippen LogP contribution in [0, 0.1) is 13.8 Å². The zero-order valence-corrected chi connectivity index (χ0v) is 15.3. The van der Waals surface area contributed by atoms with Gasteiger partial charge in [0.1, 0.15) is 12.3 Å². The number of nitrogens with two attached hydrogens (primary N) is 1. The number of hydrogen-bond donors (Lipinski definition) is 1. The van der Waals surface area contributed by atoms with Crippen LogP contribution in [-0.4, -0.2) is 39.7 Å². The van der Waals surface area contributed by atoms with Gasteiger partial charge in [-0.3, -0.25) is 4.90 Å². The zero-order chi connectivity index (χ0) is 17.1. The topological polar surface area (TPSA) is 55.8 Å². The van der Waals surface area contributed by atoms with Crippen LogP contribution in [0.4, 0.5) is 5.69 Å². The number of pyridine rings is 1. The number of fused-ring (bicyclic) bond motifs is 1. The Kier molecular flexibility index (Phi) is 5.52. The second-order valence-electron chi connectivity index (χ2n) is 6.55. The number of aryl methyl sites for hydroxylation is 2. The van der Waals surface area contributed by atoms with E-state index in [0.29, 0.717) is 30.3 Å². The Hall–Kier alpha value is -1.75. The van der Waals surface area contributed by atoms with Crippen LogP contribution < -0.4 is 10.5 Å². The number of anilines is 1. The zero-order valence-electron chi connectivity index (χ0n) is 15.3. The summed E-state index contributed by atoms with van der Waals surface area (Å²) in [6.45, 7) is 14.5. The molecule has 0 saturated carbocycles. The summed E-state index contributed by atoms with van der Waals surface area (Å²) >= 11 is 0. The first-order valence-electron chi connectivity index (χ1n) is 8.49. The lowest BCUT2D eigenvalue weighted by Crippen LogP contribution is -2.41. The third-order valence-electron chi connectivity index (χ3n) is 4.71. The number of ether oxygens (including phenoxy) is 1. The molecule has 2 aromatic heterocycles. The molecule has 0 fully saturated rings. The minimum atomic E-state index is 0.497. The van der Waals surface area contributed by atoms with Gasteiger partial charge in [-0.1, -0.05) is 13.0 Å². The van der Waals surface area contributed by atoms with E-state index in [1.807, 2.05) is 17.5 Å². The third kappa shape index (κ3) is 3.61. The summed E-state index contributed by atoms with van der Waals surface area (Å²) < 4.78 is 7.76. The summed E-state index contributed by atoms with van der Waals surface area (Å²) in [5, 5.41) is 4.53. The summed E-state index contributed by atoms with van der Waals surface area (Å²) in [4.78, 5) is 2.45. The summed E-state index contributed by atoms with van der Waals surface area (Å²) in [6, 6.07) is 5.10. The van der Waals surface area contributed by atoms with Crippen molar-refractivity contribution >= 4 is 11.2 Å². The van der Waals surface area contributed by atoms with E-state index >= 15 is 0 Å². The predicted molar refractivity (Wildman–Crippen MR) is 96.2 cm³/mol. The van der Waals surface area contributed by atoms with E-state index in [1.54, 1.807) is 0 Å². The van der Waals surface area contributed by atoms with Gasteiger partial charge >= 0.3 is 0 Å². The maximum atomic E-state index is 6.20. The average Bonchev–Trinajstić information content (AvgIpc) is 2.83. The first-order valence-corrected chi connectivity index (χ1v) is 8.49. The first-order chi connectivity index (χ1) is 10.9. The number of nitrogens with zero attached hydrogens (tertiary/aromatic N) is 3. The van der Waals surface area contributed by atoms with E-state index in [-0.39, 0.29) is 0 Å². The summed E-state index contributed by atoms with van der Waals surface area (Å²) in [7, 11) is 0. The highest BCUT2D eigenvalue weighted by molar-refractivity contribution is 5.75. The van der Waals surface area contributed by atoms with Gasteiger partial charge in [-0.05, 0) is 52.7 Å². The molecule has 0 saturated heterocycles. The van der Waals surface area contributed by atoms with Gasteiger partial charge in [-0.25, -0.2) is 4.52 Å². The Morgan fingerprint density at radius 1 is 1.26 bits per heavy atom. The molecule has 0 spiro atoms. The van der Waals surface area contributed by atoms with E-state index in [0.717, 1.165) is 24.2 Å². The van der Waals surface area contributed by atoms with Crippen molar-refractivity contribution < 1.29 is 4.74 Å². The molecule has 0 aromatic carbocycles. The molecule has 128 valence electrons. The lowest BCUT2D eigenvalue weighted by molar-refractivity contribution is 0.129. The van der Waals surface area contributed by atoms with Crippen LogP contribution in [-0.2, 0) is 0 Å². The van der Waals surface area contributed by atoms with E-state index in [4.69, 9.17) is 10.5 Å². The quantitative estimate of drug-likeness (QED) is 0.850. The SMILES string of the molecule is CCC(C)N(CCOc1nn2c(C)c(C)ccc2c1N)C(C)C. The molecule has 5 heteroatoms. The van der Waals surface area contributed by atoms with E-state index in [2.05, 4.69) is 50.7 Å². The first kappa shape index (κ1) is 17.6. The third-order valence-corrected chi connectivity index (χ3v) is 4.71. The molecule has 1 atom stereocenters. The molecule has 0 radical (unpaired) electrons. The molecule has 0 aliphatic heterocycles. The molecule has 0 aliphatic carbocycles. The smallest absolute Gasteiger partial charge is 0.257 e. The molecule has 1 unspecified atom stereocenters. The lowest BCUT2D eigenvalue weighted by Gasteiger charge is -2.31. The Bertz CT molecular complexity index is 663. The fourth-order valence-corrected chi connectivity index (χ4v) is 2.91. The monoisotopic (exact) mass is 318 g/mol. The van der Waals surface area contributed by atoms with Gasteiger partial charge in [0.2, 0.25) is 0 Å². The number of rotatable bonds is 7. The van der Waals surface area contributed by atoms with Crippen molar-refractivity contribution in [3.05, 3.63) is 23.4 Å². The minimum absolute atomic E-state index is 0.497. The van der Waals surface area contributed by atoms with Crippen molar-refractivity contribution in [2.24, 2.45) is 0 Å². The van der Waals surface area contributed by atoms with Gasteiger partial charge in [-0.15, -0.1) is 5.10 Å². The molecule has 2 heterocycles. The fraction of sp³-hybridized carbons (Fsp3) is 0.611. The van der Waals surface area contributed by atoms with Gasteiger partial charge in [-0.2, -0.15) is 0 Å². The second-order valence-corrected chi connectivity index (χ2v) is 6.55. The van der Waals surface area contributed by atoms with Gasteiger partial charge < -0.3 is 10.5 Å². The maximum Gasteiger partial charge on any atom is 0.257 e. The van der Waals surface area contributed by atoms with E-state index < -0.39 is 0 Å². The Balaban J connectivity index is 2.10. The minimum Gasteiger partial charge on any atom is -0.474 e. The van der Waals surface area contributed by atoms with Crippen LogP contribution in [0.25, 0.3) is 5.52 Å². The van der Waals surface area contributed by atoms with Crippen molar-refractivity contribution in [1.82, 2.24) is 14.5 Å². The van der Waals surface area contributed by atoms with Crippen molar-refractivity contribution in [1.29, 1.82) is 0 Å². The summed E-state index contributed by atoms with van der Waals surface area (Å²) in [5.74, 6) is 0.534. The van der Waals surface area contributed by atoms with Gasteiger partial charge in [0.25, 0.3) is 5.88 Å². The van der Waals surface area contributed by atoms with Crippen molar-refractivity contribution in [3.8, 4) is 5.88 Å². The second kappa shape index (κ2) is 7.21. The molecule has 0 aliphatic rings. The number of hydrogen-bond acceptors (Lipinski definition) is 4. The normalized spacial score (nSPS) is 13.2. The van der Waals surface area contributed by atoms with Crippen molar-refractivity contribution in [2.45, 2.75) is 60.0 Å². The van der Waals surface area contributed by atoms with E-state index in [1.165, 1.54) is 5.56 Å². The maximum absolute atomic E-state index is 6.20. The molecule has 0 amide bonds. The Morgan fingerprint density at radius 2 is 1.96 bits per heavy atom. The molecular weight excluding hydrogens is 288 g/mol. The number of nitrogen functional groups attached to an aromatic ring is 1. The van der Waals surface area contributed by atoms with Crippen LogP contribution in [0.5, 0.6) is 5.88 Å². The van der Waals surface area contributed by atoms with Crippen molar-refractivity contribution in [3.63, 3.8) is 0 Å². The Labute approximate surface area is 139 Å². The molecule has 0 bridgehead atoms. The molecular formula is C18H30N4O. The molecule has 23 heavy (non-hydrogen) atoms. The van der Waals surface area contributed by atoms with Crippen LogP contribution >= 0.6 is 0 Å². The van der Waals surface area contributed by atoms with Crippen molar-refractivity contribution in [2.75, 3.05) is 18.9 Å². The summed E-state index contributed by atoms with van der Waals surface area (Å²) in [5.41, 5.74) is 10.0. The molecule has 2 N–H and O–H groups in total. The van der Waals surface area contributed by atoms with Gasteiger partial charge in [0.15, 0.2) is 0 Å². The molecule has 5 nitrogen and oxygen atoms in total. The highest BCUT2D eigenvalue weighted by Crippen LogP contribution is 2.27. The van der Waals surface area contributed by atoms with E-state index in [9.17, 15) is 0 Å². The molecule has 2 aromatic rings. The van der Waals surface area contributed by atoms with Gasteiger partial charge in [0.05, 0.1) is 5.52 Å².